The van der Waals surface area contributed by atoms with E-state index in [0.29, 0.717) is 0 Å². The average Bonchev–Trinajstić information content (AvgIpc) is 2.36. The van der Waals surface area contributed by atoms with Gasteiger partial charge in [0.15, 0.2) is 0 Å². The van der Waals surface area contributed by atoms with Crippen LogP contribution in [0.1, 0.15) is 13.8 Å². The van der Waals surface area contributed by atoms with Gasteiger partial charge < -0.3 is 5.11 Å². The van der Waals surface area contributed by atoms with Gasteiger partial charge >= 0.3 is 5.97 Å². The molecule has 0 fully saturated rings. The van der Waals surface area contributed by atoms with Crippen molar-refractivity contribution in [3.8, 4) is 0 Å². The molecular formula is C11H13ClN2O6S. The number of sulfonamides is 1. The number of halogens is 1. The van der Waals surface area contributed by atoms with Crippen LogP contribution >= 0.6 is 11.6 Å². The molecule has 0 heterocycles. The summed E-state index contributed by atoms with van der Waals surface area (Å²) in [7, 11) is -4.17. The van der Waals surface area contributed by atoms with E-state index in [9.17, 15) is 23.3 Å². The maximum absolute atomic E-state index is 12.2. The van der Waals surface area contributed by atoms with E-state index < -0.39 is 43.5 Å². The molecule has 116 valence electrons. The minimum absolute atomic E-state index is 0.191. The molecule has 8 nitrogen and oxygen atoms in total. The Bertz CT molecular complexity index is 675. The lowest BCUT2D eigenvalue weighted by Gasteiger charge is -2.18. The van der Waals surface area contributed by atoms with Gasteiger partial charge in [0.2, 0.25) is 10.0 Å². The Labute approximate surface area is 125 Å². The predicted octanol–water partition coefficient (Wildman–Crippen LogP) is 1.64. The van der Waals surface area contributed by atoms with Gasteiger partial charge in [-0.25, -0.2) is 13.1 Å². The highest BCUT2D eigenvalue weighted by molar-refractivity contribution is 7.89. The van der Waals surface area contributed by atoms with Crippen LogP contribution in [0.5, 0.6) is 0 Å². The molecule has 0 aromatic heterocycles. The first-order valence-electron chi connectivity index (χ1n) is 5.75. The number of benzene rings is 1. The fourth-order valence-electron chi connectivity index (χ4n) is 1.44. The van der Waals surface area contributed by atoms with Crippen molar-refractivity contribution >= 4 is 33.3 Å². The molecule has 0 aliphatic rings. The van der Waals surface area contributed by atoms with Crippen molar-refractivity contribution in [2.75, 3.05) is 0 Å². The number of rotatable bonds is 6. The molecule has 0 amide bonds. The van der Waals surface area contributed by atoms with Crippen molar-refractivity contribution < 1.29 is 23.2 Å². The zero-order chi connectivity index (χ0) is 16.4. The molecule has 2 N–H and O–H groups in total. The van der Waals surface area contributed by atoms with Crippen molar-refractivity contribution in [3.05, 3.63) is 33.3 Å². The number of nitrogens with one attached hydrogen (secondary N) is 1. The molecule has 0 bridgehead atoms. The number of carboxylic acids is 1. The molecular weight excluding hydrogens is 324 g/mol. The van der Waals surface area contributed by atoms with Gasteiger partial charge in [-0.05, 0) is 13.0 Å². The van der Waals surface area contributed by atoms with Crippen molar-refractivity contribution in [1.29, 1.82) is 0 Å². The van der Waals surface area contributed by atoms with Crippen LogP contribution < -0.4 is 4.72 Å². The van der Waals surface area contributed by atoms with E-state index in [2.05, 4.69) is 4.72 Å². The Morgan fingerprint density at radius 3 is 2.48 bits per heavy atom. The third kappa shape index (κ3) is 4.13. The largest absolute Gasteiger partial charge is 0.481 e. The van der Waals surface area contributed by atoms with Gasteiger partial charge in [-0.3, -0.25) is 14.9 Å². The highest BCUT2D eigenvalue weighted by atomic mass is 35.5. The number of carboxylic acid groups (broad SMARTS) is 1. The van der Waals surface area contributed by atoms with E-state index in [4.69, 9.17) is 16.7 Å². The third-order valence-electron chi connectivity index (χ3n) is 2.90. The smallest absolute Gasteiger partial charge is 0.307 e. The number of aliphatic carboxylic acids is 1. The third-order valence-corrected chi connectivity index (χ3v) is 4.94. The number of hydrogen-bond acceptors (Lipinski definition) is 5. The number of nitrogens with zero attached hydrogens (tertiary/aromatic N) is 1. The lowest BCUT2D eigenvalue weighted by Crippen LogP contribution is -2.40. The van der Waals surface area contributed by atoms with Gasteiger partial charge in [-0.1, -0.05) is 18.5 Å². The molecule has 10 heteroatoms. The lowest BCUT2D eigenvalue weighted by atomic mass is 10.1. The quantitative estimate of drug-likeness (QED) is 0.600. The van der Waals surface area contributed by atoms with Crippen molar-refractivity contribution in [1.82, 2.24) is 4.72 Å². The highest BCUT2D eigenvalue weighted by Crippen LogP contribution is 2.26. The fraction of sp³-hybridized carbons (Fsp3) is 0.364. The Morgan fingerprint density at radius 2 is 2.00 bits per heavy atom. The number of hydrogen-bond donors (Lipinski definition) is 2. The van der Waals surface area contributed by atoms with E-state index >= 15 is 0 Å². The molecule has 2 atom stereocenters. The van der Waals surface area contributed by atoms with Gasteiger partial charge in [0.05, 0.1) is 15.9 Å². The average molecular weight is 337 g/mol. The number of nitro benzene ring substituents is 1. The van der Waals surface area contributed by atoms with Crippen LogP contribution in [0.3, 0.4) is 0 Å². The summed E-state index contributed by atoms with van der Waals surface area (Å²) >= 11 is 5.75. The molecule has 1 aromatic carbocycles. The van der Waals surface area contributed by atoms with Crippen LogP contribution in [0, 0.1) is 16.0 Å². The molecule has 0 spiro atoms. The van der Waals surface area contributed by atoms with E-state index in [1.807, 2.05) is 0 Å². The van der Waals surface area contributed by atoms with Crippen LogP contribution in [0.15, 0.2) is 23.1 Å². The summed E-state index contributed by atoms with van der Waals surface area (Å²) < 4.78 is 26.5. The molecule has 0 aliphatic carbocycles. The summed E-state index contributed by atoms with van der Waals surface area (Å²) in [5.74, 6) is -2.15. The molecule has 1 rings (SSSR count). The molecule has 0 saturated heterocycles. The SMILES string of the molecule is CC(NS(=O)(=O)c1cc([N+](=O)[O-])ccc1Cl)C(C)C(=O)O. The van der Waals surface area contributed by atoms with Crippen molar-refractivity contribution in [3.63, 3.8) is 0 Å². The zero-order valence-electron chi connectivity index (χ0n) is 11.1. The van der Waals surface area contributed by atoms with Crippen LogP contribution in [-0.4, -0.2) is 30.5 Å². The molecule has 0 saturated carbocycles. The number of carbonyl (C=O) groups is 1. The van der Waals surface area contributed by atoms with Crippen LogP contribution in [-0.2, 0) is 14.8 Å². The second-order valence-electron chi connectivity index (χ2n) is 4.41. The lowest BCUT2D eigenvalue weighted by molar-refractivity contribution is -0.385. The molecule has 0 radical (unpaired) electrons. The Hall–Kier alpha value is -1.71. The Morgan fingerprint density at radius 1 is 1.43 bits per heavy atom. The zero-order valence-corrected chi connectivity index (χ0v) is 12.7. The predicted molar refractivity (Wildman–Crippen MR) is 74.7 cm³/mol. The van der Waals surface area contributed by atoms with E-state index in [-0.39, 0.29) is 5.02 Å². The van der Waals surface area contributed by atoms with Gasteiger partial charge in [-0.15, -0.1) is 0 Å². The van der Waals surface area contributed by atoms with Gasteiger partial charge in [-0.2, -0.15) is 0 Å². The summed E-state index contributed by atoms with van der Waals surface area (Å²) in [6.07, 6.45) is 0. The highest BCUT2D eigenvalue weighted by Gasteiger charge is 2.27. The van der Waals surface area contributed by atoms with Crippen LogP contribution in [0.2, 0.25) is 5.02 Å². The van der Waals surface area contributed by atoms with Gasteiger partial charge in [0.25, 0.3) is 5.69 Å². The number of non-ortho nitro benzene ring substituents is 1. The summed E-state index contributed by atoms with van der Waals surface area (Å²) in [6, 6.07) is 2.08. The van der Waals surface area contributed by atoms with Crippen LogP contribution in [0.25, 0.3) is 0 Å². The molecule has 0 aliphatic heterocycles. The second kappa shape index (κ2) is 6.37. The summed E-state index contributed by atoms with van der Waals surface area (Å²) in [6.45, 7) is 2.71. The normalized spacial score (nSPS) is 14.4. The number of nitro groups is 1. The Kier molecular flexibility index (Phi) is 5.26. The fourth-order valence-corrected chi connectivity index (χ4v) is 3.28. The molecule has 2 unspecified atom stereocenters. The topological polar surface area (TPSA) is 127 Å². The first kappa shape index (κ1) is 17.3. The molecule has 21 heavy (non-hydrogen) atoms. The Balaban J connectivity index is 3.16. The van der Waals surface area contributed by atoms with E-state index in [1.54, 1.807) is 0 Å². The maximum atomic E-state index is 12.2. The standard InChI is InChI=1S/C11H13ClN2O6S/c1-6(11(15)16)7(2)13-21(19,20)10-5-8(14(17)18)3-4-9(10)12/h3-7,13H,1-2H3,(H,15,16). The van der Waals surface area contributed by atoms with Crippen LogP contribution in [0.4, 0.5) is 5.69 Å². The summed E-state index contributed by atoms with van der Waals surface area (Å²) in [5.41, 5.74) is -0.432. The van der Waals surface area contributed by atoms with Crippen molar-refractivity contribution in [2.24, 2.45) is 5.92 Å². The second-order valence-corrected chi connectivity index (χ2v) is 6.50. The van der Waals surface area contributed by atoms with E-state index in [1.165, 1.54) is 13.8 Å². The van der Waals surface area contributed by atoms with Gasteiger partial charge in [0, 0.05) is 18.2 Å². The monoisotopic (exact) mass is 336 g/mol. The first-order valence-corrected chi connectivity index (χ1v) is 7.61. The maximum Gasteiger partial charge on any atom is 0.307 e. The summed E-state index contributed by atoms with van der Waals surface area (Å²) in [5, 5.41) is 19.3. The van der Waals surface area contributed by atoms with Crippen molar-refractivity contribution in [2.45, 2.75) is 24.8 Å². The first-order chi connectivity index (χ1) is 9.56. The summed E-state index contributed by atoms with van der Waals surface area (Å²) in [4.78, 5) is 20.3. The minimum Gasteiger partial charge on any atom is -0.481 e. The minimum atomic E-state index is -4.17. The van der Waals surface area contributed by atoms with Gasteiger partial charge in [0.1, 0.15) is 4.90 Å². The molecule has 1 aromatic rings. The van der Waals surface area contributed by atoms with E-state index in [0.717, 1.165) is 18.2 Å².